The molecule has 0 aliphatic heterocycles. The zero-order valence-electron chi connectivity index (χ0n) is 9.29. The van der Waals surface area contributed by atoms with Gasteiger partial charge in [0.05, 0.1) is 6.61 Å². The van der Waals surface area contributed by atoms with E-state index in [1.54, 1.807) is 0 Å². The predicted octanol–water partition coefficient (Wildman–Crippen LogP) is 4.12. The van der Waals surface area contributed by atoms with E-state index in [0.717, 1.165) is 17.7 Å². The molecule has 1 aromatic rings. The van der Waals surface area contributed by atoms with E-state index in [-0.39, 0.29) is 0 Å². The Labute approximate surface area is 96.7 Å². The lowest BCUT2D eigenvalue weighted by Crippen LogP contribution is -1.95. The molecule has 0 atom stereocenters. The maximum absolute atomic E-state index is 5.66. The summed E-state index contributed by atoms with van der Waals surface area (Å²) in [6, 6.07) is 8.08. The smallest absolute Gasteiger partial charge is 0.126 e. The first-order valence-corrected chi connectivity index (χ1v) is 5.78. The summed E-state index contributed by atoms with van der Waals surface area (Å²) in [6.07, 6.45) is 3.04. The summed E-state index contributed by atoms with van der Waals surface area (Å²) < 4.78 is 5.56. The van der Waals surface area contributed by atoms with Crippen molar-refractivity contribution < 1.29 is 4.74 Å². The zero-order valence-corrected chi connectivity index (χ0v) is 10.1. The number of alkyl halides is 1. The van der Waals surface area contributed by atoms with Crippen LogP contribution in [0.1, 0.15) is 25.8 Å². The van der Waals surface area contributed by atoms with Crippen molar-refractivity contribution in [2.24, 2.45) is 0 Å². The summed E-state index contributed by atoms with van der Waals surface area (Å²) in [5.74, 6) is 1.61. The minimum atomic E-state index is 0.661. The highest BCUT2D eigenvalue weighted by molar-refractivity contribution is 6.17. The molecule has 0 fully saturated rings. The largest absolute Gasteiger partial charge is 0.493 e. The lowest BCUT2D eigenvalue weighted by molar-refractivity contribution is 0.339. The molecule has 0 heterocycles. The van der Waals surface area contributed by atoms with Crippen molar-refractivity contribution in [2.75, 3.05) is 12.5 Å². The molecule has 0 amide bonds. The Bertz CT molecular complexity index is 331. The average molecular weight is 225 g/mol. The van der Waals surface area contributed by atoms with Crippen LogP contribution in [-0.2, 0) is 0 Å². The third-order valence-electron chi connectivity index (χ3n) is 2.17. The maximum Gasteiger partial charge on any atom is 0.126 e. The topological polar surface area (TPSA) is 9.23 Å². The monoisotopic (exact) mass is 224 g/mol. The fraction of sp³-hybridized carbons (Fsp3) is 0.385. The molecule has 0 spiro atoms. The number of halogens is 1. The van der Waals surface area contributed by atoms with Gasteiger partial charge in [0.1, 0.15) is 5.75 Å². The first kappa shape index (κ1) is 12.1. The summed E-state index contributed by atoms with van der Waals surface area (Å²) in [5.41, 5.74) is 2.38. The van der Waals surface area contributed by atoms with Crippen LogP contribution in [0.3, 0.4) is 0 Å². The molecular formula is C13H17ClO. The number of ether oxygens (including phenoxy) is 1. The Balaban J connectivity index is 2.91. The van der Waals surface area contributed by atoms with Crippen molar-refractivity contribution in [1.82, 2.24) is 0 Å². The number of hydrogen-bond acceptors (Lipinski definition) is 1. The van der Waals surface area contributed by atoms with Crippen LogP contribution >= 0.6 is 11.6 Å². The fourth-order valence-electron chi connectivity index (χ4n) is 1.45. The molecule has 0 N–H and O–H groups in total. The molecule has 2 heteroatoms. The molecule has 0 saturated carbocycles. The Morgan fingerprint density at radius 2 is 2.13 bits per heavy atom. The van der Waals surface area contributed by atoms with Crippen LogP contribution in [0.5, 0.6) is 5.75 Å². The van der Waals surface area contributed by atoms with Crippen molar-refractivity contribution in [1.29, 1.82) is 0 Å². The maximum atomic E-state index is 5.66. The van der Waals surface area contributed by atoms with E-state index in [0.29, 0.717) is 12.5 Å². The molecule has 0 aromatic heterocycles. The molecule has 0 radical (unpaired) electrons. The standard InChI is InChI=1S/C13H17ClO/c1-3-15-13-9-5-4-8-12(13)11(2)7-6-10-14/h4-5,7-9H,3,6,10H2,1-2H3. The van der Waals surface area contributed by atoms with Crippen LogP contribution in [0.2, 0.25) is 0 Å². The number of benzene rings is 1. The van der Waals surface area contributed by atoms with Crippen molar-refractivity contribution >= 4 is 17.2 Å². The Morgan fingerprint density at radius 3 is 2.80 bits per heavy atom. The third-order valence-corrected chi connectivity index (χ3v) is 2.39. The zero-order chi connectivity index (χ0) is 11.1. The quantitative estimate of drug-likeness (QED) is 0.684. The van der Waals surface area contributed by atoms with Crippen LogP contribution in [0.15, 0.2) is 30.3 Å². The molecule has 0 unspecified atom stereocenters. The Hall–Kier alpha value is -0.950. The van der Waals surface area contributed by atoms with Gasteiger partial charge in [0.2, 0.25) is 0 Å². The summed E-state index contributed by atoms with van der Waals surface area (Å²) in [4.78, 5) is 0. The van der Waals surface area contributed by atoms with E-state index in [4.69, 9.17) is 16.3 Å². The van der Waals surface area contributed by atoms with Crippen LogP contribution < -0.4 is 4.74 Å². The Kier molecular flexibility index (Phi) is 5.27. The second-order valence-electron chi connectivity index (χ2n) is 3.29. The highest BCUT2D eigenvalue weighted by atomic mass is 35.5. The fourth-order valence-corrected chi connectivity index (χ4v) is 1.56. The van der Waals surface area contributed by atoms with E-state index >= 15 is 0 Å². The molecule has 15 heavy (non-hydrogen) atoms. The minimum Gasteiger partial charge on any atom is -0.493 e. The normalized spacial score (nSPS) is 11.5. The molecule has 1 nitrogen and oxygen atoms in total. The lowest BCUT2D eigenvalue weighted by Gasteiger charge is -2.10. The van der Waals surface area contributed by atoms with E-state index in [1.807, 2.05) is 25.1 Å². The number of hydrogen-bond donors (Lipinski definition) is 0. The average Bonchev–Trinajstić information content (AvgIpc) is 2.27. The minimum absolute atomic E-state index is 0.661. The molecule has 0 aliphatic carbocycles. The van der Waals surface area contributed by atoms with Gasteiger partial charge in [-0.2, -0.15) is 0 Å². The van der Waals surface area contributed by atoms with Crippen LogP contribution in [0.25, 0.3) is 5.57 Å². The highest BCUT2D eigenvalue weighted by Crippen LogP contribution is 2.25. The Morgan fingerprint density at radius 1 is 1.40 bits per heavy atom. The van der Waals surface area contributed by atoms with Crippen molar-refractivity contribution in [2.45, 2.75) is 20.3 Å². The van der Waals surface area contributed by atoms with Gasteiger partial charge in [-0.25, -0.2) is 0 Å². The molecule has 0 saturated heterocycles. The molecule has 82 valence electrons. The summed E-state index contributed by atoms with van der Waals surface area (Å²) in [6.45, 7) is 4.78. The van der Waals surface area contributed by atoms with Crippen molar-refractivity contribution in [3.05, 3.63) is 35.9 Å². The molecule has 0 bridgehead atoms. The highest BCUT2D eigenvalue weighted by Gasteiger charge is 2.03. The second kappa shape index (κ2) is 6.52. The van der Waals surface area contributed by atoms with E-state index in [2.05, 4.69) is 19.1 Å². The molecule has 0 aliphatic rings. The SMILES string of the molecule is CCOc1ccccc1C(C)=CCCCl. The summed E-state index contributed by atoms with van der Waals surface area (Å²) in [7, 11) is 0. The predicted molar refractivity (Wildman–Crippen MR) is 66.6 cm³/mol. The van der Waals surface area contributed by atoms with Crippen LogP contribution in [-0.4, -0.2) is 12.5 Å². The van der Waals surface area contributed by atoms with Gasteiger partial charge in [0.25, 0.3) is 0 Å². The van der Waals surface area contributed by atoms with E-state index < -0.39 is 0 Å². The van der Waals surface area contributed by atoms with E-state index in [1.165, 1.54) is 5.57 Å². The van der Waals surface area contributed by atoms with Crippen LogP contribution in [0.4, 0.5) is 0 Å². The second-order valence-corrected chi connectivity index (χ2v) is 3.67. The first-order valence-electron chi connectivity index (χ1n) is 5.24. The van der Waals surface area contributed by atoms with Gasteiger partial charge in [0, 0.05) is 11.4 Å². The van der Waals surface area contributed by atoms with Gasteiger partial charge >= 0.3 is 0 Å². The van der Waals surface area contributed by atoms with Gasteiger partial charge in [-0.1, -0.05) is 24.3 Å². The first-order chi connectivity index (χ1) is 7.29. The van der Waals surface area contributed by atoms with Gasteiger partial charge in [-0.05, 0) is 31.9 Å². The van der Waals surface area contributed by atoms with E-state index in [9.17, 15) is 0 Å². The summed E-state index contributed by atoms with van der Waals surface area (Å²) in [5, 5.41) is 0. The molecule has 1 aromatic carbocycles. The number of para-hydroxylation sites is 1. The number of rotatable bonds is 5. The summed E-state index contributed by atoms with van der Waals surface area (Å²) >= 11 is 5.66. The van der Waals surface area contributed by atoms with Gasteiger partial charge in [-0.15, -0.1) is 11.6 Å². The van der Waals surface area contributed by atoms with Crippen molar-refractivity contribution in [3.8, 4) is 5.75 Å². The van der Waals surface area contributed by atoms with Crippen molar-refractivity contribution in [3.63, 3.8) is 0 Å². The van der Waals surface area contributed by atoms with Gasteiger partial charge < -0.3 is 4.74 Å². The number of allylic oxidation sites excluding steroid dienone is 2. The lowest BCUT2D eigenvalue weighted by atomic mass is 10.1. The molecular weight excluding hydrogens is 208 g/mol. The van der Waals surface area contributed by atoms with Gasteiger partial charge in [0.15, 0.2) is 0 Å². The third kappa shape index (κ3) is 3.60. The van der Waals surface area contributed by atoms with Crippen LogP contribution in [0, 0.1) is 0 Å². The van der Waals surface area contributed by atoms with Gasteiger partial charge in [-0.3, -0.25) is 0 Å². The molecule has 1 rings (SSSR count).